The molecule has 0 saturated heterocycles. The lowest BCUT2D eigenvalue weighted by Crippen LogP contribution is -1.98. The second-order valence-electron chi connectivity index (χ2n) is 3.34. The molecule has 0 aliphatic carbocycles. The highest BCUT2D eigenvalue weighted by Crippen LogP contribution is 2.34. The van der Waals surface area contributed by atoms with Crippen LogP contribution >= 0.6 is 38.9 Å². The molecule has 17 heavy (non-hydrogen) atoms. The van der Waals surface area contributed by atoms with Gasteiger partial charge in [-0.25, -0.2) is 4.98 Å². The van der Waals surface area contributed by atoms with Crippen LogP contribution in [0, 0.1) is 0 Å². The van der Waals surface area contributed by atoms with Crippen molar-refractivity contribution in [3.63, 3.8) is 0 Å². The molecular weight excluding hydrogens is 328 g/mol. The zero-order chi connectivity index (χ0) is 12.4. The van der Waals surface area contributed by atoms with Crippen molar-refractivity contribution in [1.82, 2.24) is 9.97 Å². The van der Waals surface area contributed by atoms with Crippen molar-refractivity contribution in [3.05, 3.63) is 26.9 Å². The summed E-state index contributed by atoms with van der Waals surface area (Å²) in [7, 11) is 0. The number of aromatic nitrogens is 2. The summed E-state index contributed by atoms with van der Waals surface area (Å²) >= 11 is 10.9. The van der Waals surface area contributed by atoms with Gasteiger partial charge in [-0.3, -0.25) is 4.79 Å². The van der Waals surface area contributed by atoms with Gasteiger partial charge in [-0.1, -0.05) is 11.6 Å². The lowest BCUT2D eigenvalue weighted by Gasteiger charge is -1.91. The molecule has 4 nitrogen and oxygen atoms in total. The maximum Gasteiger partial charge on any atom is 0.303 e. The fraction of sp³-hybridized carbons (Fsp3) is 0.200. The van der Waals surface area contributed by atoms with Crippen molar-refractivity contribution >= 4 is 44.8 Å². The maximum atomic E-state index is 10.5. The number of carboxylic acid groups (broad SMARTS) is 1. The normalized spacial score (nSPS) is 10.7. The number of imidazole rings is 1. The van der Waals surface area contributed by atoms with Gasteiger partial charge in [-0.2, -0.15) is 0 Å². The van der Waals surface area contributed by atoms with Crippen LogP contribution in [0.25, 0.3) is 10.6 Å². The molecule has 0 bridgehead atoms. The molecule has 2 aromatic heterocycles. The van der Waals surface area contributed by atoms with Crippen LogP contribution < -0.4 is 0 Å². The number of rotatable bonds is 4. The minimum absolute atomic E-state index is 0.0391. The summed E-state index contributed by atoms with van der Waals surface area (Å²) in [5.41, 5.74) is 0.669. The Labute approximate surface area is 115 Å². The van der Waals surface area contributed by atoms with Gasteiger partial charge in [0.2, 0.25) is 0 Å². The summed E-state index contributed by atoms with van der Waals surface area (Å²) < 4.78 is 0.999. The molecule has 2 N–H and O–H groups in total. The quantitative estimate of drug-likeness (QED) is 0.897. The van der Waals surface area contributed by atoms with E-state index in [-0.39, 0.29) is 6.42 Å². The highest BCUT2D eigenvalue weighted by molar-refractivity contribution is 9.11. The highest BCUT2D eigenvalue weighted by Gasteiger charge is 2.13. The van der Waals surface area contributed by atoms with Crippen molar-refractivity contribution < 1.29 is 9.90 Å². The third kappa shape index (κ3) is 3.08. The van der Waals surface area contributed by atoms with Crippen molar-refractivity contribution in [1.29, 1.82) is 0 Å². The van der Waals surface area contributed by atoms with E-state index in [0.29, 0.717) is 23.1 Å². The number of carboxylic acids is 1. The van der Waals surface area contributed by atoms with Gasteiger partial charge >= 0.3 is 5.97 Å². The molecule has 2 rings (SSSR count). The molecule has 2 aromatic rings. The Kier molecular flexibility index (Phi) is 3.86. The third-order valence-electron chi connectivity index (χ3n) is 2.09. The number of carbonyl (C=O) groups is 1. The Balaban J connectivity index is 2.21. The van der Waals surface area contributed by atoms with E-state index in [1.54, 1.807) is 0 Å². The summed E-state index contributed by atoms with van der Waals surface area (Å²) in [5.74, 6) is -0.255. The Morgan fingerprint density at radius 3 is 2.94 bits per heavy atom. The lowest BCUT2D eigenvalue weighted by atomic mass is 10.3. The van der Waals surface area contributed by atoms with Crippen molar-refractivity contribution in [2.45, 2.75) is 12.8 Å². The second-order valence-corrected chi connectivity index (χ2v) is 6.18. The summed E-state index contributed by atoms with van der Waals surface area (Å²) in [6.45, 7) is 0. The SMILES string of the molecule is O=C(O)CCc1nc(-c2ccc(Br)s2)c(Cl)[nH]1. The Morgan fingerprint density at radius 1 is 1.59 bits per heavy atom. The fourth-order valence-electron chi connectivity index (χ4n) is 1.35. The van der Waals surface area contributed by atoms with Crippen LogP contribution in [0.15, 0.2) is 15.9 Å². The molecule has 0 radical (unpaired) electrons. The lowest BCUT2D eigenvalue weighted by molar-refractivity contribution is -0.137. The smallest absolute Gasteiger partial charge is 0.303 e. The van der Waals surface area contributed by atoms with Gasteiger partial charge in [0, 0.05) is 6.42 Å². The van der Waals surface area contributed by atoms with E-state index in [4.69, 9.17) is 16.7 Å². The van der Waals surface area contributed by atoms with Crippen LogP contribution in [0.5, 0.6) is 0 Å². The van der Waals surface area contributed by atoms with E-state index in [1.165, 1.54) is 11.3 Å². The summed E-state index contributed by atoms with van der Waals surface area (Å²) in [6, 6.07) is 3.83. The zero-order valence-corrected chi connectivity index (χ0v) is 11.7. The van der Waals surface area contributed by atoms with Gasteiger partial charge in [0.1, 0.15) is 16.7 Å². The van der Waals surface area contributed by atoms with Crippen LogP contribution in [-0.2, 0) is 11.2 Å². The number of aromatic amines is 1. The Bertz CT molecular complexity index is 552. The summed E-state index contributed by atoms with van der Waals surface area (Å²) in [4.78, 5) is 18.6. The predicted octanol–water partition coefficient (Wildman–Crippen LogP) is 3.57. The number of hydrogen-bond acceptors (Lipinski definition) is 3. The number of halogens is 2. The molecule has 0 aromatic carbocycles. The van der Waals surface area contributed by atoms with Crippen LogP contribution in [0.2, 0.25) is 5.15 Å². The monoisotopic (exact) mass is 334 g/mol. The number of thiophene rings is 1. The van der Waals surface area contributed by atoms with Crippen LogP contribution in [-0.4, -0.2) is 21.0 Å². The number of aliphatic carboxylic acids is 1. The molecule has 2 heterocycles. The molecular formula is C10H8BrClN2O2S. The van der Waals surface area contributed by atoms with E-state index in [0.717, 1.165) is 8.66 Å². The number of aryl methyl sites for hydroxylation is 1. The molecule has 7 heteroatoms. The van der Waals surface area contributed by atoms with Crippen molar-refractivity contribution in [2.75, 3.05) is 0 Å². The third-order valence-corrected chi connectivity index (χ3v) is 3.99. The minimum Gasteiger partial charge on any atom is -0.481 e. The highest BCUT2D eigenvalue weighted by atomic mass is 79.9. The molecule has 0 fully saturated rings. The van der Waals surface area contributed by atoms with E-state index in [2.05, 4.69) is 25.9 Å². The number of nitrogens with one attached hydrogen (secondary N) is 1. The molecule has 90 valence electrons. The zero-order valence-electron chi connectivity index (χ0n) is 8.54. The van der Waals surface area contributed by atoms with Gasteiger partial charge in [0.25, 0.3) is 0 Å². The average molecular weight is 336 g/mol. The standard InChI is InChI=1S/C10H8BrClN2O2S/c11-6-2-1-5(17-6)9-10(12)14-7(13-9)3-4-8(15)16/h1-2H,3-4H2,(H,13,14)(H,15,16). The largest absolute Gasteiger partial charge is 0.481 e. The van der Waals surface area contributed by atoms with Gasteiger partial charge in [0.15, 0.2) is 0 Å². The van der Waals surface area contributed by atoms with Gasteiger partial charge in [-0.05, 0) is 28.1 Å². The average Bonchev–Trinajstić information content (AvgIpc) is 2.82. The summed E-state index contributed by atoms with van der Waals surface area (Å²) in [6.07, 6.45) is 0.388. The van der Waals surface area contributed by atoms with Crippen molar-refractivity contribution in [3.8, 4) is 10.6 Å². The first-order valence-electron chi connectivity index (χ1n) is 4.78. The van der Waals surface area contributed by atoms with Crippen molar-refractivity contribution in [2.24, 2.45) is 0 Å². The van der Waals surface area contributed by atoms with E-state index in [9.17, 15) is 4.79 Å². The number of nitrogens with zero attached hydrogens (tertiary/aromatic N) is 1. The maximum absolute atomic E-state index is 10.5. The molecule has 0 saturated carbocycles. The number of hydrogen-bond donors (Lipinski definition) is 2. The molecule has 0 unspecified atom stereocenters. The second kappa shape index (κ2) is 5.20. The van der Waals surface area contributed by atoms with Gasteiger partial charge in [-0.15, -0.1) is 11.3 Å². The minimum atomic E-state index is -0.849. The molecule has 0 atom stereocenters. The topological polar surface area (TPSA) is 66.0 Å². The molecule has 0 aliphatic rings. The molecule has 0 aliphatic heterocycles. The first kappa shape index (κ1) is 12.6. The molecule has 0 amide bonds. The number of H-pyrrole nitrogens is 1. The van der Waals surface area contributed by atoms with Gasteiger partial charge in [0.05, 0.1) is 15.1 Å². The first-order chi connectivity index (χ1) is 8.06. The van der Waals surface area contributed by atoms with Crippen LogP contribution in [0.3, 0.4) is 0 Å². The van der Waals surface area contributed by atoms with Crippen LogP contribution in [0.1, 0.15) is 12.2 Å². The Morgan fingerprint density at radius 2 is 2.35 bits per heavy atom. The predicted molar refractivity (Wildman–Crippen MR) is 70.6 cm³/mol. The van der Waals surface area contributed by atoms with Gasteiger partial charge < -0.3 is 10.1 Å². The fourth-order valence-corrected chi connectivity index (χ4v) is 3.04. The van der Waals surface area contributed by atoms with E-state index >= 15 is 0 Å². The Hall–Kier alpha value is -0.850. The molecule has 0 spiro atoms. The van der Waals surface area contributed by atoms with E-state index in [1.807, 2.05) is 12.1 Å². The van der Waals surface area contributed by atoms with E-state index < -0.39 is 5.97 Å². The summed E-state index contributed by atoms with van der Waals surface area (Å²) in [5, 5.41) is 9.04. The first-order valence-corrected chi connectivity index (χ1v) is 6.77. The van der Waals surface area contributed by atoms with Crippen LogP contribution in [0.4, 0.5) is 0 Å².